The van der Waals surface area contributed by atoms with Crippen LogP contribution in [0.1, 0.15) is 25.8 Å². The molecule has 0 amide bonds. The van der Waals surface area contributed by atoms with E-state index in [4.69, 9.17) is 0 Å². The van der Waals surface area contributed by atoms with E-state index in [1.54, 1.807) is 6.92 Å². The molecule has 2 rings (SSSR count). The highest BCUT2D eigenvalue weighted by Gasteiger charge is 2.32. The monoisotopic (exact) mass is 214 g/mol. The standard InChI is InChI=1S/C9H11FN2O3/c1-4(5-2-3-5)12-8(14)6(10)7(13)11-9(12)15/h4-5,14H,2-3H2,1H3,(H,11,13,15). The minimum Gasteiger partial charge on any atom is -0.492 e. The summed E-state index contributed by atoms with van der Waals surface area (Å²) in [7, 11) is 0. The molecular weight excluding hydrogens is 203 g/mol. The van der Waals surface area contributed by atoms with Gasteiger partial charge in [-0.3, -0.25) is 14.3 Å². The minimum atomic E-state index is -1.30. The lowest BCUT2D eigenvalue weighted by Gasteiger charge is -2.15. The van der Waals surface area contributed by atoms with Crippen molar-refractivity contribution in [2.45, 2.75) is 25.8 Å². The van der Waals surface area contributed by atoms with Crippen molar-refractivity contribution in [1.29, 1.82) is 0 Å². The average molecular weight is 214 g/mol. The van der Waals surface area contributed by atoms with Crippen LogP contribution in [0, 0.1) is 11.7 Å². The van der Waals surface area contributed by atoms with Gasteiger partial charge in [0.15, 0.2) is 0 Å². The van der Waals surface area contributed by atoms with Crippen molar-refractivity contribution in [3.63, 3.8) is 0 Å². The first-order chi connectivity index (χ1) is 7.02. The Hall–Kier alpha value is -1.59. The molecule has 1 heterocycles. The van der Waals surface area contributed by atoms with Crippen molar-refractivity contribution in [1.82, 2.24) is 9.55 Å². The number of rotatable bonds is 2. The topological polar surface area (TPSA) is 75.1 Å². The molecule has 0 bridgehead atoms. The second kappa shape index (κ2) is 3.22. The summed E-state index contributed by atoms with van der Waals surface area (Å²) in [5, 5.41) is 9.37. The molecule has 1 unspecified atom stereocenters. The van der Waals surface area contributed by atoms with Crippen LogP contribution in [0.4, 0.5) is 4.39 Å². The first-order valence-electron chi connectivity index (χ1n) is 4.75. The van der Waals surface area contributed by atoms with E-state index in [1.165, 1.54) is 0 Å². The van der Waals surface area contributed by atoms with Crippen LogP contribution in [0.15, 0.2) is 9.59 Å². The molecule has 0 saturated heterocycles. The molecule has 1 aliphatic rings. The van der Waals surface area contributed by atoms with Crippen LogP contribution in [-0.4, -0.2) is 14.7 Å². The number of hydrogen-bond donors (Lipinski definition) is 2. The Labute approximate surface area is 84.2 Å². The van der Waals surface area contributed by atoms with Gasteiger partial charge in [-0.1, -0.05) is 0 Å². The minimum absolute atomic E-state index is 0.277. The van der Waals surface area contributed by atoms with Crippen LogP contribution < -0.4 is 11.2 Å². The molecule has 0 radical (unpaired) electrons. The Kier molecular flexibility index (Phi) is 2.13. The molecule has 0 aromatic carbocycles. The highest BCUT2D eigenvalue weighted by atomic mass is 19.1. The average Bonchev–Trinajstić information content (AvgIpc) is 2.97. The van der Waals surface area contributed by atoms with Crippen molar-refractivity contribution in [3.05, 3.63) is 26.7 Å². The van der Waals surface area contributed by atoms with E-state index in [0.29, 0.717) is 0 Å². The fraction of sp³-hybridized carbons (Fsp3) is 0.556. The summed E-state index contributed by atoms with van der Waals surface area (Å²) in [4.78, 5) is 24.0. The lowest BCUT2D eigenvalue weighted by molar-refractivity contribution is 0.325. The van der Waals surface area contributed by atoms with Crippen molar-refractivity contribution < 1.29 is 9.50 Å². The lowest BCUT2D eigenvalue weighted by Crippen LogP contribution is -2.34. The molecule has 0 spiro atoms. The van der Waals surface area contributed by atoms with Gasteiger partial charge in [0.25, 0.3) is 5.56 Å². The second-order valence-electron chi connectivity index (χ2n) is 3.84. The number of nitrogens with zero attached hydrogens (tertiary/aromatic N) is 1. The van der Waals surface area contributed by atoms with Gasteiger partial charge in [0.2, 0.25) is 11.7 Å². The van der Waals surface area contributed by atoms with Gasteiger partial charge in [-0.25, -0.2) is 4.79 Å². The first-order valence-corrected chi connectivity index (χ1v) is 4.75. The molecule has 5 nitrogen and oxygen atoms in total. The molecule has 1 aromatic rings. The zero-order valence-corrected chi connectivity index (χ0v) is 8.16. The highest BCUT2D eigenvalue weighted by Crippen LogP contribution is 2.39. The predicted molar refractivity (Wildman–Crippen MR) is 50.4 cm³/mol. The molecule has 15 heavy (non-hydrogen) atoms. The Morgan fingerprint density at radius 2 is 2.13 bits per heavy atom. The molecule has 82 valence electrons. The van der Waals surface area contributed by atoms with Crippen molar-refractivity contribution >= 4 is 0 Å². The summed E-state index contributed by atoms with van der Waals surface area (Å²) >= 11 is 0. The van der Waals surface area contributed by atoms with Crippen molar-refractivity contribution in [2.24, 2.45) is 5.92 Å². The SMILES string of the molecule is CC(C1CC1)n1c(O)c(F)c(=O)[nH]c1=O. The normalized spacial score (nSPS) is 17.7. The molecule has 1 fully saturated rings. The highest BCUT2D eigenvalue weighted by molar-refractivity contribution is 5.11. The molecule has 0 aliphatic heterocycles. The van der Waals surface area contributed by atoms with Crippen molar-refractivity contribution in [3.8, 4) is 5.88 Å². The number of aromatic hydroxyl groups is 1. The number of halogens is 1. The van der Waals surface area contributed by atoms with E-state index >= 15 is 0 Å². The van der Waals surface area contributed by atoms with Gasteiger partial charge in [-0.05, 0) is 25.7 Å². The summed E-state index contributed by atoms with van der Waals surface area (Å²) in [6, 6.07) is -0.288. The molecule has 1 atom stereocenters. The quantitative estimate of drug-likeness (QED) is 0.746. The van der Waals surface area contributed by atoms with Gasteiger partial charge in [0.1, 0.15) is 0 Å². The molecular formula is C9H11FN2O3. The Balaban J connectivity index is 2.59. The molecule has 6 heteroatoms. The summed E-state index contributed by atoms with van der Waals surface area (Å²) in [5.41, 5.74) is -1.95. The van der Waals surface area contributed by atoms with Gasteiger partial charge in [0.05, 0.1) is 0 Å². The third-order valence-corrected chi connectivity index (χ3v) is 2.77. The maximum absolute atomic E-state index is 13.1. The first kappa shape index (κ1) is 9.95. The maximum atomic E-state index is 13.1. The van der Waals surface area contributed by atoms with E-state index in [9.17, 15) is 19.1 Å². The third kappa shape index (κ3) is 1.55. The van der Waals surface area contributed by atoms with Gasteiger partial charge < -0.3 is 5.11 Å². The van der Waals surface area contributed by atoms with Crippen LogP contribution in [0.2, 0.25) is 0 Å². The fourth-order valence-corrected chi connectivity index (χ4v) is 1.68. The van der Waals surface area contributed by atoms with Crippen LogP contribution in [0.5, 0.6) is 5.88 Å². The smallest absolute Gasteiger partial charge is 0.331 e. The number of aromatic amines is 1. The molecule has 2 N–H and O–H groups in total. The van der Waals surface area contributed by atoms with Gasteiger partial charge in [-0.15, -0.1) is 0 Å². The third-order valence-electron chi connectivity index (χ3n) is 2.77. The largest absolute Gasteiger partial charge is 0.492 e. The summed E-state index contributed by atoms with van der Waals surface area (Å²) in [6.45, 7) is 1.72. The second-order valence-corrected chi connectivity index (χ2v) is 3.84. The predicted octanol–water partition coefficient (Wildman–Crippen LogP) is 0.352. The summed E-state index contributed by atoms with van der Waals surface area (Å²) in [6.07, 6.45) is 1.90. The van der Waals surface area contributed by atoms with Gasteiger partial charge in [-0.2, -0.15) is 4.39 Å². The zero-order chi connectivity index (χ0) is 11.2. The van der Waals surface area contributed by atoms with Crippen LogP contribution >= 0.6 is 0 Å². The zero-order valence-electron chi connectivity index (χ0n) is 8.16. The van der Waals surface area contributed by atoms with Crippen molar-refractivity contribution in [2.75, 3.05) is 0 Å². The van der Waals surface area contributed by atoms with Crippen LogP contribution in [0.3, 0.4) is 0 Å². The molecule has 1 aliphatic carbocycles. The summed E-state index contributed by atoms with van der Waals surface area (Å²) < 4.78 is 14.0. The van der Waals surface area contributed by atoms with E-state index in [-0.39, 0.29) is 12.0 Å². The summed E-state index contributed by atoms with van der Waals surface area (Å²) in [5.74, 6) is -1.90. The molecule has 1 saturated carbocycles. The van der Waals surface area contributed by atoms with E-state index in [1.807, 2.05) is 4.98 Å². The Bertz CT molecular complexity index is 501. The van der Waals surface area contributed by atoms with Gasteiger partial charge >= 0.3 is 5.69 Å². The van der Waals surface area contributed by atoms with Crippen LogP contribution in [-0.2, 0) is 0 Å². The van der Waals surface area contributed by atoms with Gasteiger partial charge in [0, 0.05) is 6.04 Å². The Morgan fingerprint density at radius 3 is 2.67 bits per heavy atom. The van der Waals surface area contributed by atoms with E-state index < -0.39 is 22.9 Å². The Morgan fingerprint density at radius 1 is 1.53 bits per heavy atom. The maximum Gasteiger partial charge on any atom is 0.331 e. The lowest BCUT2D eigenvalue weighted by atomic mass is 10.2. The number of H-pyrrole nitrogens is 1. The van der Waals surface area contributed by atoms with E-state index in [0.717, 1.165) is 17.4 Å². The number of hydrogen-bond acceptors (Lipinski definition) is 3. The van der Waals surface area contributed by atoms with E-state index in [2.05, 4.69) is 0 Å². The molecule has 1 aromatic heterocycles. The number of aromatic nitrogens is 2. The number of nitrogens with one attached hydrogen (secondary N) is 1. The van der Waals surface area contributed by atoms with Crippen LogP contribution in [0.25, 0.3) is 0 Å². The fourth-order valence-electron chi connectivity index (χ4n) is 1.68.